The zero-order chi connectivity index (χ0) is 14.6. The van der Waals surface area contributed by atoms with Crippen molar-refractivity contribution in [1.82, 2.24) is 10.2 Å². The van der Waals surface area contributed by atoms with Gasteiger partial charge in [0, 0.05) is 6.54 Å². The third-order valence-electron chi connectivity index (χ3n) is 3.80. The average Bonchev–Trinajstić information content (AvgIpc) is 2.32. The predicted molar refractivity (Wildman–Crippen MR) is 70.9 cm³/mol. The van der Waals surface area contributed by atoms with E-state index in [1.54, 1.807) is 6.92 Å². The van der Waals surface area contributed by atoms with Crippen LogP contribution in [0.4, 0.5) is 4.79 Å². The van der Waals surface area contributed by atoms with Crippen LogP contribution in [0.2, 0.25) is 0 Å². The Morgan fingerprint density at radius 2 is 1.89 bits per heavy atom. The monoisotopic (exact) mass is 272 g/mol. The molecule has 1 aliphatic rings. The summed E-state index contributed by atoms with van der Waals surface area (Å²) < 4.78 is 0. The van der Waals surface area contributed by atoms with Crippen molar-refractivity contribution in [3.63, 3.8) is 0 Å². The summed E-state index contributed by atoms with van der Waals surface area (Å²) in [7, 11) is 0. The maximum absolute atomic E-state index is 12.2. The normalized spacial score (nSPS) is 23.8. The number of nitrogens with one attached hydrogen (secondary N) is 1. The van der Waals surface area contributed by atoms with Crippen LogP contribution in [0.1, 0.15) is 46.5 Å². The van der Waals surface area contributed by atoms with Crippen molar-refractivity contribution in [3.05, 3.63) is 0 Å². The maximum atomic E-state index is 12.2. The van der Waals surface area contributed by atoms with Gasteiger partial charge in [-0.15, -0.1) is 0 Å². The lowest BCUT2D eigenvalue weighted by Crippen LogP contribution is -2.59. The van der Waals surface area contributed by atoms with E-state index < -0.39 is 23.6 Å². The van der Waals surface area contributed by atoms with Crippen molar-refractivity contribution >= 4 is 12.0 Å². The van der Waals surface area contributed by atoms with Crippen LogP contribution in [0.5, 0.6) is 0 Å². The van der Waals surface area contributed by atoms with E-state index in [9.17, 15) is 19.8 Å². The Bertz CT molecular complexity index is 344. The molecule has 6 nitrogen and oxygen atoms in total. The number of aliphatic carboxylic acids is 1. The first-order valence-electron chi connectivity index (χ1n) is 6.80. The summed E-state index contributed by atoms with van der Waals surface area (Å²) in [5, 5.41) is 21.8. The number of carboxylic acids is 1. The molecule has 2 unspecified atom stereocenters. The highest BCUT2D eigenvalue weighted by atomic mass is 16.4. The molecule has 1 saturated carbocycles. The van der Waals surface area contributed by atoms with Crippen molar-refractivity contribution in [2.75, 3.05) is 6.54 Å². The van der Waals surface area contributed by atoms with Crippen molar-refractivity contribution in [2.45, 2.75) is 64.1 Å². The number of aliphatic hydroxyl groups excluding tert-OH is 1. The average molecular weight is 272 g/mol. The molecule has 0 spiro atoms. The molecule has 2 amide bonds. The Kier molecular flexibility index (Phi) is 5.17. The van der Waals surface area contributed by atoms with Gasteiger partial charge in [0.05, 0.1) is 12.1 Å². The van der Waals surface area contributed by atoms with Gasteiger partial charge in [-0.3, -0.25) is 0 Å². The molecule has 1 rings (SSSR count). The SMILES string of the molecule is CCN(C(=O)NC1CCCCC1O)C(C)(C)C(=O)O. The smallest absolute Gasteiger partial charge is 0.329 e. The summed E-state index contributed by atoms with van der Waals surface area (Å²) in [6.45, 7) is 5.03. The van der Waals surface area contributed by atoms with Crippen LogP contribution < -0.4 is 5.32 Å². The number of amides is 2. The largest absolute Gasteiger partial charge is 0.480 e. The van der Waals surface area contributed by atoms with E-state index in [1.165, 1.54) is 18.7 Å². The number of rotatable bonds is 4. The lowest BCUT2D eigenvalue weighted by molar-refractivity contribution is -0.147. The number of carbonyl (C=O) groups is 2. The summed E-state index contributed by atoms with van der Waals surface area (Å²) in [6.07, 6.45) is 2.81. The third kappa shape index (κ3) is 3.59. The molecule has 0 saturated heterocycles. The van der Waals surface area contributed by atoms with Crippen LogP contribution in [0.15, 0.2) is 0 Å². The Labute approximate surface area is 113 Å². The summed E-state index contributed by atoms with van der Waals surface area (Å²) in [4.78, 5) is 24.7. The molecule has 0 aromatic carbocycles. The number of nitrogens with zero attached hydrogens (tertiary/aromatic N) is 1. The second-order valence-electron chi connectivity index (χ2n) is 5.52. The molecule has 2 atom stereocenters. The lowest BCUT2D eigenvalue weighted by atomic mass is 9.92. The van der Waals surface area contributed by atoms with Crippen LogP contribution in [0.25, 0.3) is 0 Å². The quantitative estimate of drug-likeness (QED) is 0.717. The topological polar surface area (TPSA) is 89.9 Å². The highest BCUT2D eigenvalue weighted by molar-refractivity contribution is 5.85. The first-order valence-corrected chi connectivity index (χ1v) is 6.80. The fraction of sp³-hybridized carbons (Fsp3) is 0.846. The Morgan fingerprint density at radius 3 is 2.37 bits per heavy atom. The van der Waals surface area contributed by atoms with Gasteiger partial charge in [-0.1, -0.05) is 12.8 Å². The fourth-order valence-electron chi connectivity index (χ4n) is 2.42. The highest BCUT2D eigenvalue weighted by Crippen LogP contribution is 2.20. The van der Waals surface area contributed by atoms with Crippen molar-refractivity contribution in [2.24, 2.45) is 0 Å². The summed E-state index contributed by atoms with van der Waals surface area (Å²) in [5.41, 5.74) is -1.27. The van der Waals surface area contributed by atoms with Crippen molar-refractivity contribution in [3.8, 4) is 0 Å². The van der Waals surface area contributed by atoms with Gasteiger partial charge in [-0.25, -0.2) is 9.59 Å². The van der Waals surface area contributed by atoms with E-state index in [0.717, 1.165) is 19.3 Å². The van der Waals surface area contributed by atoms with Gasteiger partial charge in [-0.2, -0.15) is 0 Å². The van der Waals surface area contributed by atoms with E-state index in [1.807, 2.05) is 0 Å². The molecule has 1 aliphatic carbocycles. The second-order valence-corrected chi connectivity index (χ2v) is 5.52. The van der Waals surface area contributed by atoms with Crippen LogP contribution in [0.3, 0.4) is 0 Å². The Balaban J connectivity index is 2.71. The van der Waals surface area contributed by atoms with Gasteiger partial charge >= 0.3 is 12.0 Å². The molecule has 0 aromatic rings. The minimum atomic E-state index is -1.27. The molecule has 6 heteroatoms. The number of carbonyl (C=O) groups excluding carboxylic acids is 1. The molecule has 0 aromatic heterocycles. The second kappa shape index (κ2) is 6.23. The van der Waals surface area contributed by atoms with Gasteiger partial charge in [0.1, 0.15) is 5.54 Å². The number of hydrogen-bond acceptors (Lipinski definition) is 3. The van der Waals surface area contributed by atoms with Crippen LogP contribution in [-0.4, -0.2) is 51.3 Å². The molecular formula is C13H24N2O4. The van der Waals surface area contributed by atoms with Crippen LogP contribution in [-0.2, 0) is 4.79 Å². The zero-order valence-electron chi connectivity index (χ0n) is 11.8. The maximum Gasteiger partial charge on any atom is 0.329 e. The Hall–Kier alpha value is -1.30. The predicted octanol–water partition coefficient (Wildman–Crippen LogP) is 1.18. The summed E-state index contributed by atoms with van der Waals surface area (Å²) in [6, 6.07) is -0.708. The summed E-state index contributed by atoms with van der Waals surface area (Å²) >= 11 is 0. The van der Waals surface area contributed by atoms with Gasteiger partial charge in [0.2, 0.25) is 0 Å². The first kappa shape index (κ1) is 15.8. The molecule has 110 valence electrons. The van der Waals surface area contributed by atoms with Gasteiger partial charge in [0.25, 0.3) is 0 Å². The molecule has 1 fully saturated rings. The molecule has 3 N–H and O–H groups in total. The Morgan fingerprint density at radius 1 is 1.32 bits per heavy atom. The van der Waals surface area contributed by atoms with E-state index >= 15 is 0 Å². The van der Waals surface area contributed by atoms with Crippen molar-refractivity contribution < 1.29 is 19.8 Å². The third-order valence-corrected chi connectivity index (χ3v) is 3.80. The number of hydrogen-bond donors (Lipinski definition) is 3. The van der Waals surface area contributed by atoms with E-state index in [2.05, 4.69) is 5.32 Å². The molecule has 0 radical (unpaired) electrons. The molecule has 19 heavy (non-hydrogen) atoms. The standard InChI is InChI=1S/C13H24N2O4/c1-4-15(13(2,3)11(17)18)12(19)14-9-7-5-6-8-10(9)16/h9-10,16H,4-8H2,1-3H3,(H,14,19)(H,17,18). The fourth-order valence-corrected chi connectivity index (χ4v) is 2.42. The van der Waals surface area contributed by atoms with Gasteiger partial charge in [-0.05, 0) is 33.6 Å². The minimum Gasteiger partial charge on any atom is -0.480 e. The van der Waals surface area contributed by atoms with Gasteiger partial charge < -0.3 is 20.4 Å². The number of urea groups is 1. The summed E-state index contributed by atoms with van der Waals surface area (Å²) in [5.74, 6) is -1.05. The highest BCUT2D eigenvalue weighted by Gasteiger charge is 2.38. The first-order chi connectivity index (χ1) is 8.80. The molecule has 0 bridgehead atoms. The van der Waals surface area contributed by atoms with Crippen LogP contribution in [0, 0.1) is 0 Å². The molecule has 0 aliphatic heterocycles. The van der Waals surface area contributed by atoms with Crippen molar-refractivity contribution in [1.29, 1.82) is 0 Å². The minimum absolute atomic E-state index is 0.278. The number of carboxylic acid groups (broad SMARTS) is 1. The number of aliphatic hydroxyl groups is 1. The van der Waals surface area contributed by atoms with E-state index in [0.29, 0.717) is 13.0 Å². The zero-order valence-corrected chi connectivity index (χ0v) is 11.8. The van der Waals surface area contributed by atoms with Crippen LogP contribution >= 0.6 is 0 Å². The van der Waals surface area contributed by atoms with E-state index in [-0.39, 0.29) is 6.04 Å². The molecule has 0 heterocycles. The van der Waals surface area contributed by atoms with E-state index in [4.69, 9.17) is 0 Å². The number of likely N-dealkylation sites (N-methyl/N-ethyl adjacent to an activating group) is 1. The lowest BCUT2D eigenvalue weighted by Gasteiger charge is -2.37. The van der Waals surface area contributed by atoms with Gasteiger partial charge in [0.15, 0.2) is 0 Å². The molecular weight excluding hydrogens is 248 g/mol.